The summed E-state index contributed by atoms with van der Waals surface area (Å²) in [5.41, 5.74) is 3.83. The summed E-state index contributed by atoms with van der Waals surface area (Å²) >= 11 is 0. The van der Waals surface area contributed by atoms with Gasteiger partial charge in [-0.15, -0.1) is 0 Å². The molecule has 0 unspecified atom stereocenters. The van der Waals surface area contributed by atoms with Crippen LogP contribution in [0.4, 0.5) is 4.79 Å². The van der Waals surface area contributed by atoms with Crippen molar-refractivity contribution < 1.29 is 29.3 Å². The first-order valence-corrected chi connectivity index (χ1v) is 14.3. The number of aliphatic hydroxyl groups excluding tert-OH is 2. The van der Waals surface area contributed by atoms with Crippen molar-refractivity contribution in [1.82, 2.24) is 10.6 Å². The SMILES string of the molecule is O=C(N[C@@H](Cc1ccccc1)[C@@H](O)C[C@H](Cc1ccccc1)C(=O)N[C@H]1c2ccccc2C[C@H]1O)O[C@H]1CCOC1. The van der Waals surface area contributed by atoms with Gasteiger partial charge in [-0.1, -0.05) is 84.9 Å². The van der Waals surface area contributed by atoms with Gasteiger partial charge in [0.2, 0.25) is 5.91 Å². The summed E-state index contributed by atoms with van der Waals surface area (Å²) < 4.78 is 10.8. The lowest BCUT2D eigenvalue weighted by atomic mass is 9.88. The third-order valence-corrected chi connectivity index (χ3v) is 7.95. The maximum Gasteiger partial charge on any atom is 0.407 e. The first kappa shape index (κ1) is 28.8. The molecule has 4 N–H and O–H groups in total. The average molecular weight is 559 g/mol. The molecule has 1 fully saturated rings. The highest BCUT2D eigenvalue weighted by Crippen LogP contribution is 2.32. The van der Waals surface area contributed by atoms with Crippen LogP contribution in [0.1, 0.15) is 41.1 Å². The van der Waals surface area contributed by atoms with E-state index in [2.05, 4.69) is 10.6 Å². The van der Waals surface area contributed by atoms with Gasteiger partial charge < -0.3 is 30.3 Å². The number of carbonyl (C=O) groups excluding carboxylic acids is 2. The van der Waals surface area contributed by atoms with Crippen molar-refractivity contribution in [3.8, 4) is 0 Å². The Labute approximate surface area is 240 Å². The molecule has 0 spiro atoms. The van der Waals surface area contributed by atoms with Crippen LogP contribution in [0.5, 0.6) is 0 Å². The standard InChI is InChI=1S/C33H38N2O6/c36-29(28(18-23-11-5-2-6-12-23)34-33(39)41-26-15-16-40-21-26)20-25(17-22-9-3-1-4-10-22)32(38)35-31-27-14-8-7-13-24(27)19-30(31)37/h1-14,25-26,28-31,36-37H,15-21H2,(H,34,39)(H,35,38)/t25-,26-,28-,29-,30+,31-/m0/s1. The van der Waals surface area contributed by atoms with Crippen molar-refractivity contribution in [2.45, 2.75) is 62.5 Å². The van der Waals surface area contributed by atoms with Crippen molar-refractivity contribution in [2.24, 2.45) is 5.92 Å². The maximum atomic E-state index is 13.8. The molecular weight excluding hydrogens is 520 g/mol. The van der Waals surface area contributed by atoms with Gasteiger partial charge in [-0.05, 0) is 41.5 Å². The lowest BCUT2D eigenvalue weighted by Crippen LogP contribution is -2.48. The van der Waals surface area contributed by atoms with Crippen LogP contribution in [0.25, 0.3) is 0 Å². The zero-order valence-electron chi connectivity index (χ0n) is 23.0. The number of nitrogens with one attached hydrogen (secondary N) is 2. The monoisotopic (exact) mass is 558 g/mol. The van der Waals surface area contributed by atoms with Gasteiger partial charge in [0.05, 0.1) is 37.5 Å². The fourth-order valence-electron chi connectivity index (χ4n) is 5.75. The molecule has 1 saturated heterocycles. The molecule has 0 saturated carbocycles. The lowest BCUT2D eigenvalue weighted by Gasteiger charge is -2.29. The number of alkyl carbamates (subject to hydrolysis) is 1. The molecule has 0 bridgehead atoms. The molecule has 216 valence electrons. The summed E-state index contributed by atoms with van der Waals surface area (Å²) in [4.78, 5) is 26.6. The summed E-state index contributed by atoms with van der Waals surface area (Å²) in [6, 6.07) is 25.8. The first-order chi connectivity index (χ1) is 20.0. The van der Waals surface area contributed by atoms with Crippen LogP contribution >= 0.6 is 0 Å². The second kappa shape index (κ2) is 13.8. The van der Waals surface area contributed by atoms with E-state index < -0.39 is 36.3 Å². The molecule has 1 aliphatic carbocycles. The van der Waals surface area contributed by atoms with Gasteiger partial charge in [-0.25, -0.2) is 4.79 Å². The molecule has 5 rings (SSSR count). The number of aliphatic hydroxyl groups is 2. The molecule has 2 amide bonds. The molecule has 6 atom stereocenters. The highest BCUT2D eigenvalue weighted by atomic mass is 16.6. The van der Waals surface area contributed by atoms with Crippen molar-refractivity contribution in [1.29, 1.82) is 0 Å². The molecule has 8 nitrogen and oxygen atoms in total. The number of fused-ring (bicyclic) bond motifs is 1. The summed E-state index contributed by atoms with van der Waals surface area (Å²) in [7, 11) is 0. The van der Waals surface area contributed by atoms with Gasteiger partial charge >= 0.3 is 6.09 Å². The summed E-state index contributed by atoms with van der Waals surface area (Å²) in [6.07, 6.45) is -0.711. The Balaban J connectivity index is 1.33. The zero-order chi connectivity index (χ0) is 28.6. The Kier molecular flexibility index (Phi) is 9.67. The van der Waals surface area contributed by atoms with E-state index in [1.807, 2.05) is 84.9 Å². The second-order valence-corrected chi connectivity index (χ2v) is 11.0. The Bertz CT molecular complexity index is 1280. The summed E-state index contributed by atoms with van der Waals surface area (Å²) in [6.45, 7) is 0.902. The Hall–Kier alpha value is -3.72. The summed E-state index contributed by atoms with van der Waals surface area (Å²) in [5.74, 6) is -0.857. The third-order valence-electron chi connectivity index (χ3n) is 7.95. The van der Waals surface area contributed by atoms with Gasteiger partial charge in [-0.2, -0.15) is 0 Å². The first-order valence-electron chi connectivity index (χ1n) is 14.3. The smallest absolute Gasteiger partial charge is 0.407 e. The van der Waals surface area contributed by atoms with Crippen LogP contribution in [-0.2, 0) is 33.5 Å². The van der Waals surface area contributed by atoms with E-state index in [4.69, 9.17) is 9.47 Å². The molecule has 8 heteroatoms. The van der Waals surface area contributed by atoms with Crippen molar-refractivity contribution >= 4 is 12.0 Å². The van der Waals surface area contributed by atoms with Crippen LogP contribution < -0.4 is 10.6 Å². The number of ether oxygens (including phenoxy) is 2. The lowest BCUT2D eigenvalue weighted by molar-refractivity contribution is -0.127. The zero-order valence-corrected chi connectivity index (χ0v) is 23.0. The maximum absolute atomic E-state index is 13.8. The number of rotatable bonds is 11. The Morgan fingerprint density at radius 1 is 0.927 bits per heavy atom. The molecule has 3 aromatic rings. The second-order valence-electron chi connectivity index (χ2n) is 11.0. The van der Waals surface area contributed by atoms with E-state index in [1.54, 1.807) is 0 Å². The van der Waals surface area contributed by atoms with Crippen LogP contribution in [-0.4, -0.2) is 59.8 Å². The van der Waals surface area contributed by atoms with Gasteiger partial charge in [0.25, 0.3) is 0 Å². The predicted molar refractivity (Wildman–Crippen MR) is 154 cm³/mol. The average Bonchev–Trinajstić information content (AvgIpc) is 3.60. The van der Waals surface area contributed by atoms with Gasteiger partial charge in [-0.3, -0.25) is 4.79 Å². The minimum absolute atomic E-state index is 0.107. The summed E-state index contributed by atoms with van der Waals surface area (Å²) in [5, 5.41) is 28.2. The largest absolute Gasteiger partial charge is 0.444 e. The van der Waals surface area contributed by atoms with E-state index in [-0.39, 0.29) is 18.4 Å². The number of hydrogen-bond donors (Lipinski definition) is 4. The van der Waals surface area contributed by atoms with Gasteiger partial charge in [0.15, 0.2) is 0 Å². The minimum atomic E-state index is -1.04. The number of hydrogen-bond acceptors (Lipinski definition) is 6. The molecule has 1 heterocycles. The number of amides is 2. The number of carbonyl (C=O) groups is 2. The van der Waals surface area contributed by atoms with E-state index in [0.29, 0.717) is 38.9 Å². The normalized spacial score (nSPS) is 21.9. The van der Waals surface area contributed by atoms with Crippen LogP contribution in [0.3, 0.4) is 0 Å². The number of benzene rings is 3. The van der Waals surface area contributed by atoms with Crippen molar-refractivity contribution in [2.75, 3.05) is 13.2 Å². The van der Waals surface area contributed by atoms with Crippen LogP contribution in [0.2, 0.25) is 0 Å². The Morgan fingerprint density at radius 3 is 2.27 bits per heavy atom. The van der Waals surface area contributed by atoms with Crippen molar-refractivity contribution in [3.05, 3.63) is 107 Å². The van der Waals surface area contributed by atoms with E-state index in [9.17, 15) is 19.8 Å². The molecular formula is C33H38N2O6. The third kappa shape index (κ3) is 7.73. The quantitative estimate of drug-likeness (QED) is 0.286. The molecule has 2 aliphatic rings. The fraction of sp³-hybridized carbons (Fsp3) is 0.394. The van der Waals surface area contributed by atoms with E-state index >= 15 is 0 Å². The Morgan fingerprint density at radius 2 is 1.59 bits per heavy atom. The molecule has 1 aliphatic heterocycles. The molecule has 0 radical (unpaired) electrons. The molecule has 3 aromatic carbocycles. The fourth-order valence-corrected chi connectivity index (χ4v) is 5.75. The molecule has 0 aromatic heterocycles. The van der Waals surface area contributed by atoms with Gasteiger partial charge in [0, 0.05) is 18.8 Å². The van der Waals surface area contributed by atoms with E-state index in [1.165, 1.54) is 0 Å². The van der Waals surface area contributed by atoms with Crippen LogP contribution in [0, 0.1) is 5.92 Å². The molecule has 41 heavy (non-hydrogen) atoms. The highest BCUT2D eigenvalue weighted by Gasteiger charge is 2.35. The van der Waals surface area contributed by atoms with Crippen LogP contribution in [0.15, 0.2) is 84.9 Å². The van der Waals surface area contributed by atoms with Gasteiger partial charge in [0.1, 0.15) is 6.10 Å². The van der Waals surface area contributed by atoms with E-state index in [0.717, 1.165) is 22.3 Å². The topological polar surface area (TPSA) is 117 Å². The predicted octanol–water partition coefficient (Wildman–Crippen LogP) is 3.50. The van der Waals surface area contributed by atoms with Crippen molar-refractivity contribution in [3.63, 3.8) is 0 Å². The highest BCUT2D eigenvalue weighted by molar-refractivity contribution is 5.80. The minimum Gasteiger partial charge on any atom is -0.444 e.